The third-order valence-electron chi connectivity index (χ3n) is 5.88. The number of ether oxygens (including phenoxy) is 1. The Labute approximate surface area is 195 Å². The molecule has 0 N–H and O–H groups in total. The largest absolute Gasteiger partial charge is 0.368 e. The number of amides is 1. The minimum atomic E-state index is -0.0656. The van der Waals surface area contributed by atoms with Crippen molar-refractivity contribution in [3.05, 3.63) is 106 Å². The highest BCUT2D eigenvalue weighted by atomic mass is 35.5. The number of rotatable bonds is 7. The van der Waals surface area contributed by atoms with E-state index >= 15 is 0 Å². The van der Waals surface area contributed by atoms with Crippen LogP contribution >= 0.6 is 11.6 Å². The van der Waals surface area contributed by atoms with Crippen LogP contribution in [-0.2, 0) is 11.3 Å². The van der Waals surface area contributed by atoms with Crippen molar-refractivity contribution in [2.45, 2.75) is 19.6 Å². The van der Waals surface area contributed by atoms with Gasteiger partial charge >= 0.3 is 0 Å². The average Bonchev–Trinajstić information content (AvgIpc) is 2.83. The molecule has 0 aliphatic carbocycles. The summed E-state index contributed by atoms with van der Waals surface area (Å²) in [6, 6.07) is 25.8. The van der Waals surface area contributed by atoms with Gasteiger partial charge in [-0.3, -0.25) is 9.69 Å². The third-order valence-corrected chi connectivity index (χ3v) is 6.13. The van der Waals surface area contributed by atoms with Crippen molar-refractivity contribution in [2.75, 3.05) is 32.7 Å². The van der Waals surface area contributed by atoms with E-state index in [-0.39, 0.29) is 12.0 Å². The van der Waals surface area contributed by atoms with Gasteiger partial charge in [-0.15, -0.1) is 0 Å². The predicted octanol–water partition coefficient (Wildman–Crippen LogP) is 5.36. The van der Waals surface area contributed by atoms with Gasteiger partial charge in [0.15, 0.2) is 0 Å². The highest BCUT2D eigenvalue weighted by Gasteiger charge is 2.24. The monoisotopic (exact) mass is 448 g/mol. The molecular weight excluding hydrogens is 420 g/mol. The van der Waals surface area contributed by atoms with Gasteiger partial charge in [0.2, 0.25) is 0 Å². The van der Waals surface area contributed by atoms with Gasteiger partial charge in [0.05, 0.1) is 12.7 Å². The van der Waals surface area contributed by atoms with Gasteiger partial charge in [-0.1, -0.05) is 71.8 Å². The molecule has 1 fully saturated rings. The number of carbonyl (C=O) groups excluding carboxylic acids is 1. The molecule has 0 radical (unpaired) electrons. The first kappa shape index (κ1) is 22.5. The molecular formula is C27H29ClN2O2. The van der Waals surface area contributed by atoms with Crippen molar-refractivity contribution in [1.82, 2.24) is 9.80 Å². The van der Waals surface area contributed by atoms with E-state index in [0.29, 0.717) is 6.61 Å². The van der Waals surface area contributed by atoms with Gasteiger partial charge in [0.25, 0.3) is 5.91 Å². The fourth-order valence-corrected chi connectivity index (χ4v) is 4.19. The van der Waals surface area contributed by atoms with Gasteiger partial charge in [0, 0.05) is 43.3 Å². The lowest BCUT2D eigenvalue weighted by molar-refractivity contribution is 0.00341. The Morgan fingerprint density at radius 1 is 0.938 bits per heavy atom. The standard InChI is InChI=1S/C27H29ClN2O2/c1-21-6-5-7-22(18-21)20-32-26(23-10-12-25(28)13-11-23)19-29-14-16-30(17-15-29)27(31)24-8-3-2-4-9-24/h2-13,18,26H,14-17,19-20H2,1H3/t26-/m1/s1. The number of hydrogen-bond acceptors (Lipinski definition) is 3. The summed E-state index contributed by atoms with van der Waals surface area (Å²) in [6.07, 6.45) is -0.0656. The second-order valence-electron chi connectivity index (χ2n) is 8.30. The Hall–Kier alpha value is -2.66. The molecule has 4 nitrogen and oxygen atoms in total. The second-order valence-corrected chi connectivity index (χ2v) is 8.74. The Bertz CT molecular complexity index is 1020. The Morgan fingerprint density at radius 3 is 2.34 bits per heavy atom. The number of nitrogens with zero attached hydrogens (tertiary/aromatic N) is 2. The van der Waals surface area contributed by atoms with Crippen molar-refractivity contribution in [3.8, 4) is 0 Å². The first-order chi connectivity index (χ1) is 15.6. The number of carbonyl (C=O) groups is 1. The summed E-state index contributed by atoms with van der Waals surface area (Å²) < 4.78 is 6.39. The molecule has 1 saturated heterocycles. The maximum Gasteiger partial charge on any atom is 0.253 e. The molecule has 0 unspecified atom stereocenters. The first-order valence-corrected chi connectivity index (χ1v) is 11.5. The molecule has 4 rings (SSSR count). The summed E-state index contributed by atoms with van der Waals surface area (Å²) in [6.45, 7) is 6.53. The van der Waals surface area contributed by atoms with Gasteiger partial charge in [0.1, 0.15) is 0 Å². The third kappa shape index (κ3) is 5.98. The Kier molecular flexibility index (Phi) is 7.59. The lowest BCUT2D eigenvalue weighted by atomic mass is 10.1. The predicted molar refractivity (Wildman–Crippen MR) is 129 cm³/mol. The summed E-state index contributed by atoms with van der Waals surface area (Å²) in [7, 11) is 0. The van der Waals surface area contributed by atoms with Crippen LogP contribution in [0.1, 0.15) is 33.2 Å². The molecule has 0 saturated carbocycles. The van der Waals surface area contributed by atoms with Crippen LogP contribution in [0.5, 0.6) is 0 Å². The van der Waals surface area contributed by atoms with E-state index in [1.165, 1.54) is 11.1 Å². The van der Waals surface area contributed by atoms with Crippen molar-refractivity contribution >= 4 is 17.5 Å². The molecule has 3 aromatic carbocycles. The number of piperazine rings is 1. The molecule has 1 atom stereocenters. The van der Waals surface area contributed by atoms with Crippen LogP contribution in [0.3, 0.4) is 0 Å². The van der Waals surface area contributed by atoms with E-state index in [1.807, 2.05) is 59.5 Å². The summed E-state index contributed by atoms with van der Waals surface area (Å²) in [5.41, 5.74) is 4.27. The number of hydrogen-bond donors (Lipinski definition) is 0. The molecule has 1 aliphatic rings. The van der Waals surface area contributed by atoms with Gasteiger partial charge in [-0.05, 0) is 42.3 Å². The van der Waals surface area contributed by atoms with Crippen LogP contribution in [0.4, 0.5) is 0 Å². The molecule has 0 bridgehead atoms. The summed E-state index contributed by atoms with van der Waals surface area (Å²) in [5, 5.41) is 0.722. The van der Waals surface area contributed by atoms with E-state index in [0.717, 1.165) is 48.9 Å². The quantitative estimate of drug-likeness (QED) is 0.487. The highest BCUT2D eigenvalue weighted by molar-refractivity contribution is 6.30. The minimum absolute atomic E-state index is 0.0656. The lowest BCUT2D eigenvalue weighted by Crippen LogP contribution is -2.49. The molecule has 0 aromatic heterocycles. The zero-order valence-electron chi connectivity index (χ0n) is 18.4. The van der Waals surface area contributed by atoms with E-state index in [2.05, 4.69) is 36.1 Å². The SMILES string of the molecule is Cc1cccc(CO[C@H](CN2CCN(C(=O)c3ccccc3)CC2)c2ccc(Cl)cc2)c1. The van der Waals surface area contributed by atoms with Crippen LogP contribution in [0.2, 0.25) is 5.02 Å². The lowest BCUT2D eigenvalue weighted by Gasteiger charge is -2.36. The summed E-state index contributed by atoms with van der Waals surface area (Å²) in [4.78, 5) is 17.1. The number of benzene rings is 3. The zero-order chi connectivity index (χ0) is 22.3. The fourth-order valence-electron chi connectivity index (χ4n) is 4.06. The minimum Gasteiger partial charge on any atom is -0.368 e. The van der Waals surface area contributed by atoms with Crippen molar-refractivity contribution in [1.29, 1.82) is 0 Å². The van der Waals surface area contributed by atoms with Crippen molar-refractivity contribution in [2.24, 2.45) is 0 Å². The molecule has 166 valence electrons. The van der Waals surface area contributed by atoms with Crippen LogP contribution in [0, 0.1) is 6.92 Å². The Balaban J connectivity index is 1.38. The normalized spacial score (nSPS) is 15.5. The molecule has 5 heteroatoms. The fraction of sp³-hybridized carbons (Fsp3) is 0.296. The number of aryl methyl sites for hydroxylation is 1. The molecule has 1 aliphatic heterocycles. The van der Waals surface area contributed by atoms with E-state index in [9.17, 15) is 4.79 Å². The molecule has 1 amide bonds. The van der Waals surface area contributed by atoms with Gasteiger partial charge in [-0.25, -0.2) is 0 Å². The van der Waals surface area contributed by atoms with Crippen LogP contribution in [0.25, 0.3) is 0 Å². The van der Waals surface area contributed by atoms with Crippen molar-refractivity contribution < 1.29 is 9.53 Å². The van der Waals surface area contributed by atoms with E-state index in [4.69, 9.17) is 16.3 Å². The van der Waals surface area contributed by atoms with Crippen LogP contribution in [0.15, 0.2) is 78.9 Å². The first-order valence-electron chi connectivity index (χ1n) is 11.1. The van der Waals surface area contributed by atoms with Gasteiger partial charge in [-0.2, -0.15) is 0 Å². The van der Waals surface area contributed by atoms with Crippen LogP contribution in [-0.4, -0.2) is 48.4 Å². The summed E-state index contributed by atoms with van der Waals surface area (Å²) >= 11 is 6.11. The van der Waals surface area contributed by atoms with E-state index < -0.39 is 0 Å². The maximum absolute atomic E-state index is 12.7. The van der Waals surface area contributed by atoms with E-state index in [1.54, 1.807) is 0 Å². The molecule has 32 heavy (non-hydrogen) atoms. The van der Waals surface area contributed by atoms with Crippen LogP contribution < -0.4 is 0 Å². The summed E-state index contributed by atoms with van der Waals surface area (Å²) in [5.74, 6) is 0.107. The molecule has 0 spiro atoms. The zero-order valence-corrected chi connectivity index (χ0v) is 19.2. The van der Waals surface area contributed by atoms with Crippen molar-refractivity contribution in [3.63, 3.8) is 0 Å². The topological polar surface area (TPSA) is 32.8 Å². The average molecular weight is 449 g/mol. The smallest absolute Gasteiger partial charge is 0.253 e. The van der Waals surface area contributed by atoms with Gasteiger partial charge < -0.3 is 9.64 Å². The molecule has 1 heterocycles. The highest BCUT2D eigenvalue weighted by Crippen LogP contribution is 2.24. The number of halogens is 1. The molecule has 3 aromatic rings. The maximum atomic E-state index is 12.7. The Morgan fingerprint density at radius 2 is 1.66 bits per heavy atom. The second kappa shape index (κ2) is 10.8.